The van der Waals surface area contributed by atoms with Crippen molar-refractivity contribution in [2.45, 2.75) is 25.2 Å². The molecule has 3 heterocycles. The number of phenolic OH excluding ortho intramolecular Hbond substituents is 1. The van der Waals surface area contributed by atoms with Crippen molar-refractivity contribution in [2.24, 2.45) is 0 Å². The summed E-state index contributed by atoms with van der Waals surface area (Å²) in [6, 6.07) is 12.5. The van der Waals surface area contributed by atoms with Gasteiger partial charge in [-0.05, 0) is 36.2 Å². The van der Waals surface area contributed by atoms with Crippen LogP contribution in [0.2, 0.25) is 0 Å². The molecule has 2 aliphatic rings. The van der Waals surface area contributed by atoms with Gasteiger partial charge in [-0.1, -0.05) is 18.2 Å². The van der Waals surface area contributed by atoms with E-state index in [-0.39, 0.29) is 11.5 Å². The SMILES string of the molecule is COc1ccc([C@@H]2C3=C(CCCC3=O)Oc3ncn4nc(-c5ccccc5O)nc4c32)cc1OC. The maximum Gasteiger partial charge on any atom is 0.228 e. The Labute approximate surface area is 200 Å². The third-order valence-corrected chi connectivity index (χ3v) is 6.48. The number of methoxy groups -OCH3 is 2. The number of fused-ring (bicyclic) bond motifs is 3. The van der Waals surface area contributed by atoms with Gasteiger partial charge in [0.2, 0.25) is 5.88 Å². The van der Waals surface area contributed by atoms with Crippen LogP contribution in [0.15, 0.2) is 60.1 Å². The number of carbonyl (C=O) groups is 1. The summed E-state index contributed by atoms with van der Waals surface area (Å²) in [4.78, 5) is 22.5. The molecule has 0 saturated carbocycles. The normalized spacial score (nSPS) is 17.1. The molecule has 4 aromatic rings. The van der Waals surface area contributed by atoms with Crippen LogP contribution in [0, 0.1) is 0 Å². The highest BCUT2D eigenvalue weighted by Gasteiger charge is 2.40. The van der Waals surface area contributed by atoms with Gasteiger partial charge in [-0.15, -0.1) is 5.10 Å². The number of carbonyl (C=O) groups excluding carboxylic acids is 1. The molecule has 1 aliphatic carbocycles. The van der Waals surface area contributed by atoms with E-state index in [1.807, 2.05) is 24.3 Å². The number of phenols is 1. The standard InChI is InChI=1S/C26H22N4O5/c1-33-18-11-10-14(12-20(18)34-2)21-22-17(32)8-5-9-19(22)35-26-23(21)25-28-24(29-30(25)13-27-26)15-6-3-4-7-16(15)31/h3-4,6-7,10-13,21,31H,5,8-9H2,1-2H3/t21-/m1/s1. The number of aromatic hydroxyl groups is 1. The van der Waals surface area contributed by atoms with Crippen molar-refractivity contribution < 1.29 is 24.1 Å². The highest BCUT2D eigenvalue weighted by atomic mass is 16.5. The van der Waals surface area contributed by atoms with E-state index < -0.39 is 5.92 Å². The van der Waals surface area contributed by atoms with Crippen molar-refractivity contribution in [3.63, 3.8) is 0 Å². The molecule has 0 radical (unpaired) electrons. The predicted octanol–water partition coefficient (Wildman–Crippen LogP) is 4.05. The summed E-state index contributed by atoms with van der Waals surface area (Å²) in [5.74, 6) is 2.17. The van der Waals surface area contributed by atoms with Gasteiger partial charge >= 0.3 is 0 Å². The molecular weight excluding hydrogens is 448 g/mol. The molecule has 176 valence electrons. The number of hydrogen-bond donors (Lipinski definition) is 1. The number of ketones is 1. The van der Waals surface area contributed by atoms with Crippen molar-refractivity contribution in [2.75, 3.05) is 14.2 Å². The fraction of sp³-hybridized carbons (Fsp3) is 0.231. The lowest BCUT2D eigenvalue weighted by atomic mass is 9.78. The Bertz CT molecular complexity index is 1520. The average molecular weight is 470 g/mol. The second kappa shape index (κ2) is 8.12. The van der Waals surface area contributed by atoms with E-state index in [2.05, 4.69) is 10.1 Å². The van der Waals surface area contributed by atoms with Gasteiger partial charge in [0.15, 0.2) is 28.8 Å². The topological polar surface area (TPSA) is 108 Å². The first-order valence-electron chi connectivity index (χ1n) is 11.3. The Morgan fingerprint density at radius 2 is 1.91 bits per heavy atom. The smallest absolute Gasteiger partial charge is 0.228 e. The molecule has 0 fully saturated rings. The van der Waals surface area contributed by atoms with E-state index in [0.717, 1.165) is 12.0 Å². The highest BCUT2D eigenvalue weighted by Crippen LogP contribution is 2.48. The summed E-state index contributed by atoms with van der Waals surface area (Å²) < 4.78 is 18.7. The van der Waals surface area contributed by atoms with Crippen LogP contribution < -0.4 is 14.2 Å². The van der Waals surface area contributed by atoms with Gasteiger partial charge in [0.05, 0.1) is 31.3 Å². The van der Waals surface area contributed by atoms with Crippen molar-refractivity contribution in [1.82, 2.24) is 19.6 Å². The first-order valence-corrected chi connectivity index (χ1v) is 11.3. The average Bonchev–Trinajstić information content (AvgIpc) is 3.32. The van der Waals surface area contributed by atoms with Crippen LogP contribution >= 0.6 is 0 Å². The minimum Gasteiger partial charge on any atom is -0.507 e. The number of Topliss-reactive ketones (excluding diaryl/α,β-unsaturated/α-hetero) is 1. The fourth-order valence-corrected chi connectivity index (χ4v) is 4.86. The van der Waals surface area contributed by atoms with E-state index in [0.29, 0.717) is 64.2 Å². The van der Waals surface area contributed by atoms with E-state index in [4.69, 9.17) is 19.2 Å². The number of aromatic nitrogens is 4. The highest BCUT2D eigenvalue weighted by molar-refractivity contribution is 6.00. The van der Waals surface area contributed by atoms with Crippen molar-refractivity contribution >= 4 is 11.4 Å². The predicted molar refractivity (Wildman–Crippen MR) is 126 cm³/mol. The van der Waals surface area contributed by atoms with Gasteiger partial charge in [-0.3, -0.25) is 4.79 Å². The van der Waals surface area contributed by atoms with Crippen LogP contribution in [0.5, 0.6) is 23.1 Å². The third kappa shape index (κ3) is 3.30. The summed E-state index contributed by atoms with van der Waals surface area (Å²) in [5.41, 5.74) is 3.08. The number of ether oxygens (including phenoxy) is 3. The Morgan fingerprint density at radius 1 is 1.09 bits per heavy atom. The molecule has 2 aromatic carbocycles. The zero-order chi connectivity index (χ0) is 24.1. The Balaban J connectivity index is 1.61. The van der Waals surface area contributed by atoms with Gasteiger partial charge in [0.25, 0.3) is 0 Å². The molecule has 6 rings (SSSR count). The monoisotopic (exact) mass is 470 g/mol. The van der Waals surface area contributed by atoms with Crippen LogP contribution in [0.25, 0.3) is 17.0 Å². The summed E-state index contributed by atoms with van der Waals surface area (Å²) in [6.45, 7) is 0. The largest absolute Gasteiger partial charge is 0.507 e. The quantitative estimate of drug-likeness (QED) is 0.476. The Morgan fingerprint density at radius 3 is 2.71 bits per heavy atom. The van der Waals surface area contributed by atoms with E-state index in [9.17, 15) is 9.90 Å². The van der Waals surface area contributed by atoms with Crippen LogP contribution in [-0.2, 0) is 4.79 Å². The second-order valence-corrected chi connectivity index (χ2v) is 8.45. The van der Waals surface area contributed by atoms with E-state index >= 15 is 0 Å². The van der Waals surface area contributed by atoms with Gasteiger partial charge in [0.1, 0.15) is 17.8 Å². The first-order chi connectivity index (χ1) is 17.1. The van der Waals surface area contributed by atoms with E-state index in [1.165, 1.54) is 6.33 Å². The number of rotatable bonds is 4. The van der Waals surface area contributed by atoms with Gasteiger partial charge < -0.3 is 19.3 Å². The number of para-hydroxylation sites is 1. The Kier molecular flexibility index (Phi) is 4.91. The number of benzene rings is 2. The molecule has 0 amide bonds. The maximum absolute atomic E-state index is 13.2. The minimum absolute atomic E-state index is 0.0409. The molecule has 1 aliphatic heterocycles. The molecule has 0 bridgehead atoms. The summed E-state index contributed by atoms with van der Waals surface area (Å²) in [6.07, 6.45) is 3.38. The lowest BCUT2D eigenvalue weighted by molar-refractivity contribution is -0.116. The molecule has 0 spiro atoms. The number of allylic oxidation sites excluding steroid dienone is 2. The third-order valence-electron chi connectivity index (χ3n) is 6.48. The minimum atomic E-state index is -0.473. The van der Waals surface area contributed by atoms with Crippen LogP contribution in [0.4, 0.5) is 0 Å². The molecule has 35 heavy (non-hydrogen) atoms. The summed E-state index contributed by atoms with van der Waals surface area (Å²) in [7, 11) is 3.16. The maximum atomic E-state index is 13.2. The van der Waals surface area contributed by atoms with Gasteiger partial charge in [0, 0.05) is 18.4 Å². The molecule has 9 nitrogen and oxygen atoms in total. The molecule has 2 aromatic heterocycles. The van der Waals surface area contributed by atoms with Crippen LogP contribution in [-0.4, -0.2) is 44.7 Å². The molecule has 9 heteroatoms. The first kappa shape index (κ1) is 21.2. The molecule has 0 saturated heterocycles. The summed E-state index contributed by atoms with van der Waals surface area (Å²) in [5, 5.41) is 14.9. The number of nitrogens with zero attached hydrogens (tertiary/aromatic N) is 4. The molecule has 0 unspecified atom stereocenters. The van der Waals surface area contributed by atoms with Crippen LogP contribution in [0.1, 0.15) is 36.3 Å². The summed E-state index contributed by atoms with van der Waals surface area (Å²) >= 11 is 0. The van der Waals surface area contributed by atoms with Gasteiger partial charge in [-0.25, -0.2) is 14.5 Å². The fourth-order valence-electron chi connectivity index (χ4n) is 4.86. The number of hydrogen-bond acceptors (Lipinski definition) is 8. The zero-order valence-electron chi connectivity index (χ0n) is 19.2. The van der Waals surface area contributed by atoms with Crippen molar-refractivity contribution in [3.8, 4) is 34.5 Å². The van der Waals surface area contributed by atoms with Crippen molar-refractivity contribution in [3.05, 3.63) is 71.3 Å². The molecule has 1 N–H and O–H groups in total. The van der Waals surface area contributed by atoms with Crippen molar-refractivity contribution in [1.29, 1.82) is 0 Å². The lowest BCUT2D eigenvalue weighted by Crippen LogP contribution is -2.26. The second-order valence-electron chi connectivity index (χ2n) is 8.45. The molecular formula is C26H22N4O5. The van der Waals surface area contributed by atoms with Gasteiger partial charge in [-0.2, -0.15) is 0 Å². The van der Waals surface area contributed by atoms with E-state index in [1.54, 1.807) is 36.9 Å². The zero-order valence-corrected chi connectivity index (χ0v) is 19.2. The van der Waals surface area contributed by atoms with Crippen LogP contribution in [0.3, 0.4) is 0 Å². The lowest BCUT2D eigenvalue weighted by Gasteiger charge is -2.32. The Hall–Kier alpha value is -4.40. The molecule has 1 atom stereocenters.